The molecule has 1 aliphatic rings. The number of benzene rings is 1. The first-order chi connectivity index (χ1) is 11.3. The zero-order valence-electron chi connectivity index (χ0n) is 13.8. The maximum Gasteiger partial charge on any atom is 0.237 e. The third-order valence-electron chi connectivity index (χ3n) is 4.31. The second kappa shape index (κ2) is 9.45. The predicted octanol–water partition coefficient (Wildman–Crippen LogP) is 2.31. The summed E-state index contributed by atoms with van der Waals surface area (Å²) in [4.78, 5) is 16.4. The summed E-state index contributed by atoms with van der Waals surface area (Å²) in [6.07, 6.45) is 7.91. The van der Waals surface area contributed by atoms with Crippen molar-refractivity contribution in [2.24, 2.45) is 0 Å². The maximum atomic E-state index is 12.0. The van der Waals surface area contributed by atoms with Gasteiger partial charge in [0.05, 0.1) is 12.6 Å². The Morgan fingerprint density at radius 3 is 2.92 bits per heavy atom. The van der Waals surface area contributed by atoms with Crippen LogP contribution in [0.5, 0.6) is 0 Å². The molecule has 1 aromatic heterocycles. The largest absolute Gasteiger partial charge is 0.348 e. The fourth-order valence-electron chi connectivity index (χ4n) is 3.01. The summed E-state index contributed by atoms with van der Waals surface area (Å²) in [5, 5.41) is 6.21. The molecule has 1 amide bonds. The zero-order valence-corrected chi connectivity index (χ0v) is 14.6. The standard InChI is InChI=1S/C18H24N4O.ClH/c23-18(16-9-4-10-19-16)21-14-17-20-11-13-22(17)12-5-8-15-6-2-1-3-7-15;/h1-3,6-7,11,13,16,19H,4-5,8-10,12,14H2,(H,21,23);1H/t16-;/m0./s1. The number of aryl methyl sites for hydroxylation is 2. The molecule has 0 bridgehead atoms. The van der Waals surface area contributed by atoms with Crippen LogP contribution in [-0.2, 0) is 24.3 Å². The van der Waals surface area contributed by atoms with Gasteiger partial charge in [-0.15, -0.1) is 12.4 Å². The number of hydrogen-bond donors (Lipinski definition) is 2. The third-order valence-corrected chi connectivity index (χ3v) is 4.31. The molecular weight excluding hydrogens is 324 g/mol. The highest BCUT2D eigenvalue weighted by molar-refractivity contribution is 5.85. The second-order valence-corrected chi connectivity index (χ2v) is 5.99. The number of rotatable bonds is 7. The van der Waals surface area contributed by atoms with Crippen LogP contribution >= 0.6 is 12.4 Å². The van der Waals surface area contributed by atoms with Crippen LogP contribution in [0.25, 0.3) is 0 Å². The molecule has 1 saturated heterocycles. The lowest BCUT2D eigenvalue weighted by atomic mass is 10.1. The number of carbonyl (C=O) groups is 1. The molecule has 3 rings (SSSR count). The number of carbonyl (C=O) groups excluding carboxylic acids is 1. The maximum absolute atomic E-state index is 12.0. The minimum absolute atomic E-state index is 0. The highest BCUT2D eigenvalue weighted by atomic mass is 35.5. The Morgan fingerprint density at radius 2 is 2.17 bits per heavy atom. The monoisotopic (exact) mass is 348 g/mol. The zero-order chi connectivity index (χ0) is 15.9. The molecule has 2 N–H and O–H groups in total. The summed E-state index contributed by atoms with van der Waals surface area (Å²) in [6.45, 7) is 2.35. The van der Waals surface area contributed by atoms with Crippen LogP contribution in [0.1, 0.15) is 30.7 Å². The van der Waals surface area contributed by atoms with Crippen LogP contribution in [0, 0.1) is 0 Å². The molecule has 0 aliphatic carbocycles. The van der Waals surface area contributed by atoms with Crippen molar-refractivity contribution in [3.05, 3.63) is 54.1 Å². The summed E-state index contributed by atoms with van der Waals surface area (Å²) in [5.41, 5.74) is 1.36. The number of amides is 1. The van der Waals surface area contributed by atoms with E-state index in [1.54, 1.807) is 6.20 Å². The molecule has 2 aromatic rings. The van der Waals surface area contributed by atoms with E-state index in [-0.39, 0.29) is 24.4 Å². The van der Waals surface area contributed by atoms with E-state index in [2.05, 4.69) is 44.5 Å². The molecule has 24 heavy (non-hydrogen) atoms. The van der Waals surface area contributed by atoms with E-state index in [1.165, 1.54) is 5.56 Å². The molecule has 1 atom stereocenters. The number of imidazole rings is 1. The Hall–Kier alpha value is -1.85. The normalized spacial score (nSPS) is 16.6. The van der Waals surface area contributed by atoms with Gasteiger partial charge in [0.15, 0.2) is 0 Å². The number of aromatic nitrogens is 2. The van der Waals surface area contributed by atoms with Crippen molar-refractivity contribution < 1.29 is 4.79 Å². The topological polar surface area (TPSA) is 59.0 Å². The first-order valence-electron chi connectivity index (χ1n) is 8.38. The van der Waals surface area contributed by atoms with Crippen LogP contribution in [0.15, 0.2) is 42.7 Å². The van der Waals surface area contributed by atoms with Gasteiger partial charge >= 0.3 is 0 Å². The Balaban J connectivity index is 0.00000208. The minimum Gasteiger partial charge on any atom is -0.348 e. The second-order valence-electron chi connectivity index (χ2n) is 5.99. The van der Waals surface area contributed by atoms with E-state index in [4.69, 9.17) is 0 Å². The van der Waals surface area contributed by atoms with Gasteiger partial charge in [0, 0.05) is 18.9 Å². The predicted molar refractivity (Wildman–Crippen MR) is 97.1 cm³/mol. The van der Waals surface area contributed by atoms with E-state index in [9.17, 15) is 4.79 Å². The van der Waals surface area contributed by atoms with Crippen LogP contribution in [0.3, 0.4) is 0 Å². The molecule has 2 heterocycles. The lowest BCUT2D eigenvalue weighted by Gasteiger charge is -2.12. The summed E-state index contributed by atoms with van der Waals surface area (Å²) in [7, 11) is 0. The molecule has 5 nitrogen and oxygen atoms in total. The Kier molecular flexibility index (Phi) is 7.28. The van der Waals surface area contributed by atoms with Crippen molar-refractivity contribution in [3.8, 4) is 0 Å². The number of nitrogens with zero attached hydrogens (tertiary/aromatic N) is 2. The molecule has 1 aliphatic heterocycles. The Morgan fingerprint density at radius 1 is 1.33 bits per heavy atom. The van der Waals surface area contributed by atoms with Crippen molar-refractivity contribution in [1.29, 1.82) is 0 Å². The van der Waals surface area contributed by atoms with Gasteiger partial charge in [-0.2, -0.15) is 0 Å². The van der Waals surface area contributed by atoms with Gasteiger partial charge in [-0.1, -0.05) is 30.3 Å². The van der Waals surface area contributed by atoms with Gasteiger partial charge in [0.2, 0.25) is 5.91 Å². The molecule has 1 fully saturated rings. The summed E-state index contributed by atoms with van der Waals surface area (Å²) in [6, 6.07) is 10.5. The molecule has 0 radical (unpaired) electrons. The average Bonchev–Trinajstić information content (AvgIpc) is 3.26. The molecule has 0 saturated carbocycles. The fraction of sp³-hybridized carbons (Fsp3) is 0.444. The van der Waals surface area contributed by atoms with Crippen molar-refractivity contribution in [1.82, 2.24) is 20.2 Å². The third kappa shape index (κ3) is 5.08. The van der Waals surface area contributed by atoms with Gasteiger partial charge in [-0.05, 0) is 37.8 Å². The Labute approximate surface area is 149 Å². The van der Waals surface area contributed by atoms with Crippen LogP contribution in [0.2, 0.25) is 0 Å². The summed E-state index contributed by atoms with van der Waals surface area (Å²) in [5.74, 6) is 1.01. The quantitative estimate of drug-likeness (QED) is 0.807. The molecule has 130 valence electrons. The molecular formula is C18H25ClN4O. The van der Waals surface area contributed by atoms with Gasteiger partial charge in [-0.25, -0.2) is 4.98 Å². The van der Waals surface area contributed by atoms with E-state index < -0.39 is 0 Å². The molecule has 0 unspecified atom stereocenters. The summed E-state index contributed by atoms with van der Waals surface area (Å²) >= 11 is 0. The van der Waals surface area contributed by atoms with Crippen LogP contribution < -0.4 is 10.6 Å². The van der Waals surface area contributed by atoms with Crippen molar-refractivity contribution in [2.75, 3.05) is 6.54 Å². The number of halogens is 1. The van der Waals surface area contributed by atoms with E-state index >= 15 is 0 Å². The minimum atomic E-state index is -0.0310. The van der Waals surface area contributed by atoms with Crippen LogP contribution in [0.4, 0.5) is 0 Å². The summed E-state index contributed by atoms with van der Waals surface area (Å²) < 4.78 is 2.13. The van der Waals surface area contributed by atoms with E-state index in [0.29, 0.717) is 6.54 Å². The Bertz CT molecular complexity index is 623. The lowest BCUT2D eigenvalue weighted by Crippen LogP contribution is -2.40. The van der Waals surface area contributed by atoms with Crippen molar-refractivity contribution in [3.63, 3.8) is 0 Å². The van der Waals surface area contributed by atoms with Gasteiger partial charge in [-0.3, -0.25) is 4.79 Å². The lowest BCUT2D eigenvalue weighted by molar-refractivity contribution is -0.123. The molecule has 1 aromatic carbocycles. The first-order valence-corrected chi connectivity index (χ1v) is 8.38. The smallest absolute Gasteiger partial charge is 0.237 e. The van der Waals surface area contributed by atoms with E-state index in [1.807, 2.05) is 12.3 Å². The van der Waals surface area contributed by atoms with Crippen LogP contribution in [-0.4, -0.2) is 28.0 Å². The molecule has 0 spiro atoms. The fourth-order valence-corrected chi connectivity index (χ4v) is 3.01. The molecule has 6 heteroatoms. The SMILES string of the molecule is Cl.O=C(NCc1nccn1CCCc1ccccc1)[C@@H]1CCCN1. The number of nitrogens with one attached hydrogen (secondary N) is 2. The van der Waals surface area contributed by atoms with E-state index in [0.717, 1.165) is 44.6 Å². The number of hydrogen-bond acceptors (Lipinski definition) is 3. The average molecular weight is 349 g/mol. The highest BCUT2D eigenvalue weighted by Crippen LogP contribution is 2.07. The van der Waals surface area contributed by atoms with Gasteiger partial charge < -0.3 is 15.2 Å². The van der Waals surface area contributed by atoms with Gasteiger partial charge in [0.1, 0.15) is 5.82 Å². The van der Waals surface area contributed by atoms with Crippen molar-refractivity contribution >= 4 is 18.3 Å². The van der Waals surface area contributed by atoms with Crippen molar-refractivity contribution in [2.45, 2.75) is 44.8 Å². The van der Waals surface area contributed by atoms with Gasteiger partial charge in [0.25, 0.3) is 0 Å². The highest BCUT2D eigenvalue weighted by Gasteiger charge is 2.21. The first kappa shape index (κ1) is 18.5.